The molecule has 8 heteroatoms. The van der Waals surface area contributed by atoms with Gasteiger partial charge in [-0.3, -0.25) is 14.7 Å². The van der Waals surface area contributed by atoms with Crippen molar-refractivity contribution in [2.24, 2.45) is 0 Å². The van der Waals surface area contributed by atoms with Crippen LogP contribution in [0.5, 0.6) is 0 Å². The zero-order valence-electron chi connectivity index (χ0n) is 13.8. The Morgan fingerprint density at radius 3 is 1.91 bits per heavy atom. The lowest BCUT2D eigenvalue weighted by Crippen LogP contribution is -2.50. The van der Waals surface area contributed by atoms with Crippen molar-refractivity contribution in [3.05, 3.63) is 0 Å². The van der Waals surface area contributed by atoms with Crippen molar-refractivity contribution in [2.45, 2.75) is 0 Å². The van der Waals surface area contributed by atoms with Crippen LogP contribution < -0.4 is 0 Å². The Morgan fingerprint density at radius 2 is 1.30 bits per heavy atom. The van der Waals surface area contributed by atoms with Crippen LogP contribution >= 0.6 is 24.0 Å². The Morgan fingerprint density at radius 1 is 0.783 bits per heavy atom. The third-order valence-electron chi connectivity index (χ3n) is 4.63. The van der Waals surface area contributed by atoms with Gasteiger partial charge in [0.05, 0.1) is 39.0 Å². The lowest BCUT2D eigenvalue weighted by Gasteiger charge is -2.39. The van der Waals surface area contributed by atoms with E-state index in [0.29, 0.717) is 0 Å². The maximum atomic E-state index is 5.55. The Hall–Kier alpha value is 0.0400. The molecule has 0 N–H and O–H groups in total. The fourth-order valence-corrected chi connectivity index (χ4v) is 4.21. The first-order chi connectivity index (χ1) is 11.3. The first-order valence-corrected chi connectivity index (χ1v) is 9.95. The largest absolute Gasteiger partial charge is 0.379 e. The molecule has 0 aliphatic carbocycles. The highest BCUT2D eigenvalue weighted by molar-refractivity contribution is 8.22. The maximum Gasteiger partial charge on any atom is 0.138 e. The fraction of sp³-hybridized carbons (Fsp3) is 0.933. The highest BCUT2D eigenvalue weighted by Gasteiger charge is 2.23. The number of ether oxygens (including phenoxy) is 2. The van der Waals surface area contributed by atoms with Crippen molar-refractivity contribution in [1.29, 1.82) is 0 Å². The zero-order valence-corrected chi connectivity index (χ0v) is 15.5. The van der Waals surface area contributed by atoms with E-state index in [-0.39, 0.29) is 0 Å². The van der Waals surface area contributed by atoms with Crippen LogP contribution in [0.3, 0.4) is 0 Å². The maximum absolute atomic E-state index is 5.55. The fourth-order valence-electron chi connectivity index (χ4n) is 3.07. The summed E-state index contributed by atoms with van der Waals surface area (Å²) < 4.78 is 11.9. The highest BCUT2D eigenvalue weighted by atomic mass is 32.2. The first kappa shape index (κ1) is 17.8. The standard InChI is InChI=1S/C15H28N4O2S2/c22-15-19(4-3-17-7-11-21-12-8-17)13-18(14-23-15)2-1-16-5-9-20-10-6-16/h1-14H2. The van der Waals surface area contributed by atoms with E-state index >= 15 is 0 Å². The van der Waals surface area contributed by atoms with Crippen molar-refractivity contribution in [2.75, 3.05) is 91.3 Å². The van der Waals surface area contributed by atoms with Crippen LogP contribution in [-0.2, 0) is 9.47 Å². The molecule has 0 aromatic carbocycles. The van der Waals surface area contributed by atoms with E-state index in [1.807, 2.05) is 0 Å². The molecule has 6 nitrogen and oxygen atoms in total. The molecule has 3 aliphatic heterocycles. The summed E-state index contributed by atoms with van der Waals surface area (Å²) in [5.74, 6) is 1.03. The van der Waals surface area contributed by atoms with E-state index in [9.17, 15) is 0 Å². The lowest BCUT2D eigenvalue weighted by atomic mass is 10.4. The van der Waals surface area contributed by atoms with Gasteiger partial charge in [0, 0.05) is 52.4 Å². The minimum atomic E-state index is 0.866. The van der Waals surface area contributed by atoms with Crippen molar-refractivity contribution >= 4 is 28.3 Å². The van der Waals surface area contributed by atoms with Crippen LogP contribution in [-0.4, -0.2) is 115 Å². The number of rotatable bonds is 6. The van der Waals surface area contributed by atoms with Gasteiger partial charge in [-0.05, 0) is 0 Å². The first-order valence-electron chi connectivity index (χ1n) is 8.55. The number of thiocarbonyl (C=S) groups is 1. The minimum absolute atomic E-state index is 0.866. The topological polar surface area (TPSA) is 31.4 Å². The Kier molecular flexibility index (Phi) is 7.38. The molecule has 0 aromatic rings. The Balaban J connectivity index is 1.38. The van der Waals surface area contributed by atoms with E-state index in [1.165, 1.54) is 0 Å². The van der Waals surface area contributed by atoms with E-state index < -0.39 is 0 Å². The van der Waals surface area contributed by atoms with Crippen molar-refractivity contribution in [3.63, 3.8) is 0 Å². The predicted octanol–water partition coefficient (Wildman–Crippen LogP) is 0.202. The molecule has 132 valence electrons. The summed E-state index contributed by atoms with van der Waals surface area (Å²) in [6.45, 7) is 13.1. The molecule has 3 saturated heterocycles. The molecular formula is C15H28N4O2S2. The third kappa shape index (κ3) is 5.81. The van der Waals surface area contributed by atoms with Crippen LogP contribution in [0.1, 0.15) is 0 Å². The zero-order chi connectivity index (χ0) is 15.9. The van der Waals surface area contributed by atoms with Crippen LogP contribution in [0.2, 0.25) is 0 Å². The second kappa shape index (κ2) is 9.50. The summed E-state index contributed by atoms with van der Waals surface area (Å²) in [4.78, 5) is 9.84. The van der Waals surface area contributed by atoms with Crippen molar-refractivity contribution < 1.29 is 9.47 Å². The molecule has 0 amide bonds. The van der Waals surface area contributed by atoms with E-state index in [1.54, 1.807) is 11.8 Å². The molecule has 3 heterocycles. The van der Waals surface area contributed by atoms with Gasteiger partial charge in [-0.1, -0.05) is 24.0 Å². The average Bonchev–Trinajstić information content (AvgIpc) is 2.62. The minimum Gasteiger partial charge on any atom is -0.379 e. The quantitative estimate of drug-likeness (QED) is 0.621. The number of nitrogens with zero attached hydrogens (tertiary/aromatic N) is 4. The van der Waals surface area contributed by atoms with Gasteiger partial charge in [0.1, 0.15) is 4.32 Å². The van der Waals surface area contributed by atoms with Gasteiger partial charge in [0.15, 0.2) is 0 Å². The number of hydrogen-bond acceptors (Lipinski definition) is 7. The van der Waals surface area contributed by atoms with Gasteiger partial charge < -0.3 is 14.4 Å². The Labute approximate surface area is 149 Å². The van der Waals surface area contributed by atoms with Crippen molar-refractivity contribution in [3.8, 4) is 0 Å². The molecule has 0 unspecified atom stereocenters. The van der Waals surface area contributed by atoms with E-state index in [4.69, 9.17) is 21.7 Å². The van der Waals surface area contributed by atoms with Gasteiger partial charge in [-0.15, -0.1) is 0 Å². The van der Waals surface area contributed by atoms with Gasteiger partial charge >= 0.3 is 0 Å². The SMILES string of the molecule is S=C1SCN(CCN2CCOCC2)CN1CCN1CCOCC1. The number of hydrogen-bond donors (Lipinski definition) is 0. The normalized spacial score (nSPS) is 25.9. The summed E-state index contributed by atoms with van der Waals surface area (Å²) >= 11 is 7.35. The Bertz CT molecular complexity index is 376. The number of thioether (sulfide) groups is 1. The second-order valence-corrected chi connectivity index (χ2v) is 7.83. The monoisotopic (exact) mass is 360 g/mol. The molecule has 3 rings (SSSR count). The summed E-state index contributed by atoms with van der Waals surface area (Å²) in [7, 11) is 0. The predicted molar refractivity (Wildman–Crippen MR) is 97.9 cm³/mol. The average molecular weight is 361 g/mol. The lowest BCUT2D eigenvalue weighted by molar-refractivity contribution is 0.0294. The molecule has 3 fully saturated rings. The van der Waals surface area contributed by atoms with Crippen LogP contribution in [0.15, 0.2) is 0 Å². The van der Waals surface area contributed by atoms with E-state index in [2.05, 4.69) is 19.6 Å². The van der Waals surface area contributed by atoms with Crippen LogP contribution in [0.25, 0.3) is 0 Å². The molecule has 0 radical (unpaired) electrons. The smallest absolute Gasteiger partial charge is 0.138 e. The van der Waals surface area contributed by atoms with E-state index in [0.717, 1.165) is 95.7 Å². The van der Waals surface area contributed by atoms with Crippen LogP contribution in [0, 0.1) is 0 Å². The summed E-state index contributed by atoms with van der Waals surface area (Å²) in [6, 6.07) is 0. The molecule has 23 heavy (non-hydrogen) atoms. The summed E-state index contributed by atoms with van der Waals surface area (Å²) in [5, 5.41) is 0. The van der Waals surface area contributed by atoms with Gasteiger partial charge in [-0.25, -0.2) is 0 Å². The molecular weight excluding hydrogens is 332 g/mol. The molecule has 0 atom stereocenters. The number of morpholine rings is 2. The second-order valence-electron chi connectivity index (χ2n) is 6.25. The molecule has 0 saturated carbocycles. The molecule has 0 aromatic heterocycles. The van der Waals surface area contributed by atoms with Gasteiger partial charge in [0.25, 0.3) is 0 Å². The van der Waals surface area contributed by atoms with Crippen LogP contribution in [0.4, 0.5) is 0 Å². The highest BCUT2D eigenvalue weighted by Crippen LogP contribution is 2.18. The van der Waals surface area contributed by atoms with Crippen molar-refractivity contribution in [1.82, 2.24) is 19.6 Å². The third-order valence-corrected chi connectivity index (χ3v) is 6.24. The summed E-state index contributed by atoms with van der Waals surface area (Å²) in [6.07, 6.45) is 0. The van der Waals surface area contributed by atoms with Gasteiger partial charge in [0.2, 0.25) is 0 Å². The molecule has 0 spiro atoms. The summed E-state index contributed by atoms with van der Waals surface area (Å²) in [5.41, 5.74) is 0. The molecule has 3 aliphatic rings. The molecule has 0 bridgehead atoms. The van der Waals surface area contributed by atoms with Gasteiger partial charge in [-0.2, -0.15) is 0 Å².